The molecule has 1 unspecified atom stereocenters. The molecule has 0 radical (unpaired) electrons. The summed E-state index contributed by atoms with van der Waals surface area (Å²) in [5.74, 6) is 2.73. The summed E-state index contributed by atoms with van der Waals surface area (Å²) in [6, 6.07) is 3.84. The van der Waals surface area contributed by atoms with Gasteiger partial charge >= 0.3 is 0 Å². The molecule has 1 saturated heterocycles. The van der Waals surface area contributed by atoms with Crippen LogP contribution in [0.15, 0.2) is 22.8 Å². The molecule has 2 nitrogen and oxygen atoms in total. The van der Waals surface area contributed by atoms with Gasteiger partial charge in [-0.3, -0.25) is 9.78 Å². The lowest BCUT2D eigenvalue weighted by molar-refractivity contribution is -0.121. The summed E-state index contributed by atoms with van der Waals surface area (Å²) in [5.41, 5.74) is 0.875. The van der Waals surface area contributed by atoms with Crippen LogP contribution in [0.1, 0.15) is 12.1 Å². The lowest BCUT2D eigenvalue weighted by Crippen LogP contribution is -2.16. The van der Waals surface area contributed by atoms with Gasteiger partial charge < -0.3 is 0 Å². The minimum atomic E-state index is 0.264. The van der Waals surface area contributed by atoms with E-state index in [0.717, 1.165) is 28.1 Å². The minimum absolute atomic E-state index is 0.264. The number of hydrogen-bond acceptors (Lipinski definition) is 3. The van der Waals surface area contributed by atoms with Crippen LogP contribution in [0.25, 0.3) is 0 Å². The number of ketones is 1. The largest absolute Gasteiger partial charge is 0.299 e. The molecular weight excluding hydrogens is 274 g/mol. The molecule has 2 heterocycles. The fraction of sp³-hybridized carbons (Fsp3) is 0.455. The van der Waals surface area contributed by atoms with E-state index in [2.05, 4.69) is 20.9 Å². The van der Waals surface area contributed by atoms with Crippen molar-refractivity contribution in [2.75, 3.05) is 11.5 Å². The molecule has 2 rings (SSSR count). The van der Waals surface area contributed by atoms with E-state index in [9.17, 15) is 4.79 Å². The number of aromatic nitrogens is 1. The highest BCUT2D eigenvalue weighted by Gasteiger charge is 2.23. The first-order chi connectivity index (χ1) is 7.25. The quantitative estimate of drug-likeness (QED) is 0.855. The van der Waals surface area contributed by atoms with Crippen LogP contribution in [0.2, 0.25) is 0 Å². The molecule has 4 heteroatoms. The summed E-state index contributed by atoms with van der Waals surface area (Å²) in [7, 11) is 0. The predicted molar refractivity (Wildman–Crippen MR) is 66.1 cm³/mol. The van der Waals surface area contributed by atoms with E-state index >= 15 is 0 Å². The Morgan fingerprint density at radius 1 is 1.60 bits per heavy atom. The van der Waals surface area contributed by atoms with Gasteiger partial charge in [0.2, 0.25) is 0 Å². The fourth-order valence-electron chi connectivity index (χ4n) is 1.62. The van der Waals surface area contributed by atoms with Gasteiger partial charge in [-0.05, 0) is 40.2 Å². The van der Waals surface area contributed by atoms with Gasteiger partial charge in [0.25, 0.3) is 0 Å². The topological polar surface area (TPSA) is 30.0 Å². The molecule has 1 aromatic rings. The highest BCUT2D eigenvalue weighted by molar-refractivity contribution is 9.10. The molecule has 80 valence electrons. The number of pyridine rings is 1. The van der Waals surface area contributed by atoms with Crippen molar-refractivity contribution in [3.63, 3.8) is 0 Å². The molecule has 0 spiro atoms. The lowest BCUT2D eigenvalue weighted by atomic mass is 10.00. The number of thioether (sulfide) groups is 1. The van der Waals surface area contributed by atoms with E-state index in [1.54, 1.807) is 6.20 Å². The fourth-order valence-corrected chi connectivity index (χ4v) is 3.11. The van der Waals surface area contributed by atoms with Crippen molar-refractivity contribution in [3.05, 3.63) is 28.5 Å². The number of rotatable bonds is 3. The molecule has 1 aliphatic heterocycles. The Morgan fingerprint density at radius 3 is 3.07 bits per heavy atom. The van der Waals surface area contributed by atoms with Crippen LogP contribution in [-0.2, 0) is 11.2 Å². The van der Waals surface area contributed by atoms with E-state index in [1.165, 1.54) is 0 Å². The van der Waals surface area contributed by atoms with Crippen molar-refractivity contribution < 1.29 is 4.79 Å². The maximum atomic E-state index is 11.8. The molecule has 0 N–H and O–H groups in total. The van der Waals surface area contributed by atoms with Crippen molar-refractivity contribution >= 4 is 33.5 Å². The zero-order chi connectivity index (χ0) is 10.7. The van der Waals surface area contributed by atoms with E-state index in [0.29, 0.717) is 12.2 Å². The second kappa shape index (κ2) is 5.12. The zero-order valence-electron chi connectivity index (χ0n) is 8.28. The van der Waals surface area contributed by atoms with Gasteiger partial charge in [-0.2, -0.15) is 11.8 Å². The maximum absolute atomic E-state index is 11.8. The Labute approximate surface area is 102 Å². The lowest BCUT2D eigenvalue weighted by Gasteiger charge is -2.06. The molecule has 0 saturated carbocycles. The van der Waals surface area contributed by atoms with Crippen molar-refractivity contribution in [3.8, 4) is 0 Å². The number of nitrogens with zero attached hydrogens (tertiary/aromatic N) is 1. The standard InChI is InChI=1S/C11H12BrNOS/c12-9-1-2-10(13-6-9)5-11(14)8-3-4-15-7-8/h1-2,6,8H,3-5,7H2. The maximum Gasteiger partial charge on any atom is 0.142 e. The Balaban J connectivity index is 1.96. The van der Waals surface area contributed by atoms with Crippen molar-refractivity contribution in [2.45, 2.75) is 12.8 Å². The van der Waals surface area contributed by atoms with E-state index in [-0.39, 0.29) is 5.92 Å². The first-order valence-corrected chi connectivity index (χ1v) is 6.91. The van der Waals surface area contributed by atoms with Crippen LogP contribution < -0.4 is 0 Å². The third-order valence-corrected chi connectivity index (χ3v) is 4.16. The van der Waals surface area contributed by atoms with Crippen LogP contribution in [0.5, 0.6) is 0 Å². The first-order valence-electron chi connectivity index (χ1n) is 4.96. The van der Waals surface area contributed by atoms with Crippen LogP contribution in [0.3, 0.4) is 0 Å². The molecular formula is C11H12BrNOS. The average molecular weight is 286 g/mol. The summed E-state index contributed by atoms with van der Waals surface area (Å²) in [6.07, 6.45) is 3.27. The molecule has 1 aliphatic rings. The first kappa shape index (κ1) is 11.1. The van der Waals surface area contributed by atoms with Gasteiger partial charge in [0.05, 0.1) is 0 Å². The third kappa shape index (κ3) is 3.05. The Hall–Kier alpha value is -0.350. The summed E-state index contributed by atoms with van der Waals surface area (Å²) in [4.78, 5) is 16.0. The minimum Gasteiger partial charge on any atom is -0.299 e. The third-order valence-electron chi connectivity index (χ3n) is 2.53. The molecule has 1 aromatic heterocycles. The van der Waals surface area contributed by atoms with Crippen molar-refractivity contribution in [2.24, 2.45) is 5.92 Å². The number of carbonyl (C=O) groups is 1. The number of halogens is 1. The summed E-state index contributed by atoms with van der Waals surface area (Å²) in [6.45, 7) is 0. The second-order valence-corrected chi connectivity index (χ2v) is 5.74. The zero-order valence-corrected chi connectivity index (χ0v) is 10.7. The monoisotopic (exact) mass is 285 g/mol. The molecule has 1 atom stereocenters. The number of Topliss-reactive ketones (excluding diaryl/α,β-unsaturated/α-hetero) is 1. The van der Waals surface area contributed by atoms with Crippen LogP contribution in [0, 0.1) is 5.92 Å². The van der Waals surface area contributed by atoms with Crippen LogP contribution in [-0.4, -0.2) is 22.3 Å². The Morgan fingerprint density at radius 2 is 2.47 bits per heavy atom. The van der Waals surface area contributed by atoms with Gasteiger partial charge in [0, 0.05) is 34.5 Å². The molecule has 0 bridgehead atoms. The molecule has 15 heavy (non-hydrogen) atoms. The molecule has 0 aliphatic carbocycles. The molecule has 0 aromatic carbocycles. The average Bonchev–Trinajstić information content (AvgIpc) is 2.74. The van der Waals surface area contributed by atoms with Gasteiger partial charge in [0.15, 0.2) is 0 Å². The van der Waals surface area contributed by atoms with Crippen LogP contribution in [0.4, 0.5) is 0 Å². The van der Waals surface area contributed by atoms with E-state index in [1.807, 2.05) is 23.9 Å². The number of carbonyl (C=O) groups excluding carboxylic acids is 1. The smallest absolute Gasteiger partial charge is 0.142 e. The van der Waals surface area contributed by atoms with E-state index in [4.69, 9.17) is 0 Å². The second-order valence-electron chi connectivity index (χ2n) is 3.67. The summed E-state index contributed by atoms with van der Waals surface area (Å²) >= 11 is 5.20. The van der Waals surface area contributed by atoms with Gasteiger partial charge in [-0.25, -0.2) is 0 Å². The van der Waals surface area contributed by atoms with Gasteiger partial charge in [-0.1, -0.05) is 0 Å². The molecule has 1 fully saturated rings. The predicted octanol–water partition coefficient (Wildman–Crippen LogP) is 2.71. The normalized spacial score (nSPS) is 20.5. The van der Waals surface area contributed by atoms with Crippen molar-refractivity contribution in [1.82, 2.24) is 4.98 Å². The van der Waals surface area contributed by atoms with Crippen molar-refractivity contribution in [1.29, 1.82) is 0 Å². The summed E-state index contributed by atoms with van der Waals surface area (Å²) < 4.78 is 0.954. The summed E-state index contributed by atoms with van der Waals surface area (Å²) in [5, 5.41) is 0. The highest BCUT2D eigenvalue weighted by atomic mass is 79.9. The highest BCUT2D eigenvalue weighted by Crippen LogP contribution is 2.25. The molecule has 0 amide bonds. The van der Waals surface area contributed by atoms with Crippen LogP contribution >= 0.6 is 27.7 Å². The number of hydrogen-bond donors (Lipinski definition) is 0. The Kier molecular flexibility index (Phi) is 3.81. The van der Waals surface area contributed by atoms with E-state index < -0.39 is 0 Å². The Bertz CT molecular complexity index is 346. The SMILES string of the molecule is O=C(Cc1ccc(Br)cn1)C1CCSC1. The van der Waals surface area contributed by atoms with Gasteiger partial charge in [0.1, 0.15) is 5.78 Å². The van der Waals surface area contributed by atoms with Gasteiger partial charge in [-0.15, -0.1) is 0 Å².